The molecule has 0 aliphatic carbocycles. The Balaban J connectivity index is 1.15. The molecule has 3 heterocycles. The van der Waals surface area contributed by atoms with E-state index in [9.17, 15) is 14.4 Å². The number of rotatable bonds is 9. The summed E-state index contributed by atoms with van der Waals surface area (Å²) in [5.74, 6) is 1.41. The molecule has 5 aromatic rings. The number of methoxy groups -OCH3 is 2. The number of carbonyl (C=O) groups excluding carboxylic acids is 2. The van der Waals surface area contributed by atoms with Crippen molar-refractivity contribution in [2.24, 2.45) is 0 Å². The van der Waals surface area contributed by atoms with Crippen LogP contribution in [0.5, 0.6) is 11.5 Å². The molecule has 2 aromatic heterocycles. The lowest BCUT2D eigenvalue weighted by molar-refractivity contribution is 0.0937. The van der Waals surface area contributed by atoms with E-state index < -0.39 is 0 Å². The quantitative estimate of drug-likeness (QED) is 0.246. The van der Waals surface area contributed by atoms with Crippen molar-refractivity contribution in [3.8, 4) is 17.2 Å². The molecule has 0 bridgehead atoms. The molecule has 1 saturated heterocycles. The fraction of sp³-hybridized carbons (Fsp3) is 0.250. The Morgan fingerprint density at radius 3 is 2.25 bits per heavy atom. The molecule has 0 atom stereocenters. The minimum absolute atomic E-state index is 0.218. The molecule has 6 rings (SSSR count). The van der Waals surface area contributed by atoms with Crippen molar-refractivity contribution in [2.75, 3.05) is 45.3 Å². The molecule has 1 fully saturated rings. The van der Waals surface area contributed by atoms with Crippen LogP contribution in [0, 0.1) is 6.92 Å². The average Bonchev–Trinajstić information content (AvgIpc) is 3.13. The van der Waals surface area contributed by atoms with E-state index >= 15 is 0 Å². The second-order valence-electron chi connectivity index (χ2n) is 11.3. The zero-order valence-electron chi connectivity index (χ0n) is 27.0. The first kappa shape index (κ1) is 32.0. The van der Waals surface area contributed by atoms with Gasteiger partial charge in [-0.3, -0.25) is 14.2 Å². The number of aromatic nitrogens is 3. The van der Waals surface area contributed by atoms with Gasteiger partial charge in [0.2, 0.25) is 5.95 Å². The van der Waals surface area contributed by atoms with Crippen molar-refractivity contribution < 1.29 is 23.8 Å². The molecule has 0 radical (unpaired) electrons. The standard InChI is InChI=1S/C36H36N6O6/c1-24-29-14-16-32(43)42(28-12-10-27(11-13-28)34(44)37-22-26-9-15-30(46-2)31(21-26)47-3)33(29)39-35(38-24)40-17-19-41(20-18-40)36(45)48-23-25-7-5-4-6-8-25/h4-16,21H,17-20,22-23H2,1-3H3,(H,37,44). The van der Waals surface area contributed by atoms with Crippen LogP contribution in [-0.4, -0.2) is 71.8 Å². The Morgan fingerprint density at radius 2 is 1.54 bits per heavy atom. The zero-order chi connectivity index (χ0) is 33.6. The number of nitrogens with one attached hydrogen (secondary N) is 1. The fourth-order valence-electron chi connectivity index (χ4n) is 5.58. The average molecular weight is 649 g/mol. The maximum atomic E-state index is 13.2. The van der Waals surface area contributed by atoms with Gasteiger partial charge in [0.25, 0.3) is 11.5 Å². The lowest BCUT2D eigenvalue weighted by Gasteiger charge is -2.34. The van der Waals surface area contributed by atoms with Gasteiger partial charge in [0.15, 0.2) is 17.1 Å². The van der Waals surface area contributed by atoms with Gasteiger partial charge in [0.1, 0.15) is 6.61 Å². The molecule has 3 aromatic carbocycles. The molecule has 0 unspecified atom stereocenters. The smallest absolute Gasteiger partial charge is 0.410 e. The van der Waals surface area contributed by atoms with Crippen molar-refractivity contribution in [3.05, 3.63) is 118 Å². The summed E-state index contributed by atoms with van der Waals surface area (Å²) in [7, 11) is 3.13. The maximum Gasteiger partial charge on any atom is 0.410 e. The predicted molar refractivity (Wildman–Crippen MR) is 181 cm³/mol. The second kappa shape index (κ2) is 14.2. The third kappa shape index (κ3) is 6.92. The van der Waals surface area contributed by atoms with Crippen LogP contribution in [0.2, 0.25) is 0 Å². The summed E-state index contributed by atoms with van der Waals surface area (Å²) in [6, 6.07) is 25.0. The number of aryl methyl sites for hydroxylation is 1. The van der Waals surface area contributed by atoms with Gasteiger partial charge in [-0.15, -0.1) is 0 Å². The van der Waals surface area contributed by atoms with Crippen LogP contribution in [0.25, 0.3) is 16.7 Å². The van der Waals surface area contributed by atoms with Crippen LogP contribution in [-0.2, 0) is 17.9 Å². The van der Waals surface area contributed by atoms with Crippen molar-refractivity contribution in [1.29, 1.82) is 0 Å². The molecule has 1 aliphatic rings. The van der Waals surface area contributed by atoms with Crippen LogP contribution in [0.4, 0.5) is 10.7 Å². The highest BCUT2D eigenvalue weighted by Crippen LogP contribution is 2.27. The van der Waals surface area contributed by atoms with E-state index in [1.807, 2.05) is 54.3 Å². The summed E-state index contributed by atoms with van der Waals surface area (Å²) in [4.78, 5) is 52.1. The van der Waals surface area contributed by atoms with Gasteiger partial charge >= 0.3 is 6.09 Å². The third-order valence-electron chi connectivity index (χ3n) is 8.24. The minimum atomic E-state index is -0.360. The Labute approximate surface area is 277 Å². The number of carbonyl (C=O) groups is 2. The highest BCUT2D eigenvalue weighted by atomic mass is 16.6. The number of nitrogens with zero attached hydrogens (tertiary/aromatic N) is 5. The molecule has 0 spiro atoms. The summed E-state index contributed by atoms with van der Waals surface area (Å²) in [6.45, 7) is 4.31. The maximum absolute atomic E-state index is 13.2. The van der Waals surface area contributed by atoms with Crippen molar-refractivity contribution in [1.82, 2.24) is 24.8 Å². The Bertz CT molecular complexity index is 1990. The fourth-order valence-corrected chi connectivity index (χ4v) is 5.58. The Hall–Kier alpha value is -5.91. The number of ether oxygens (including phenoxy) is 3. The number of amides is 2. The van der Waals surface area contributed by atoms with Gasteiger partial charge in [-0.05, 0) is 60.5 Å². The van der Waals surface area contributed by atoms with Crippen LogP contribution in [0.15, 0.2) is 89.7 Å². The van der Waals surface area contributed by atoms with Crippen molar-refractivity contribution in [2.45, 2.75) is 20.1 Å². The number of benzene rings is 3. The summed E-state index contributed by atoms with van der Waals surface area (Å²) in [5.41, 5.74) is 3.72. The van der Waals surface area contributed by atoms with E-state index in [1.165, 1.54) is 10.6 Å². The molecule has 12 heteroatoms. The molecular weight excluding hydrogens is 612 g/mol. The van der Waals surface area contributed by atoms with E-state index in [2.05, 4.69) is 5.32 Å². The first-order valence-electron chi connectivity index (χ1n) is 15.5. The van der Waals surface area contributed by atoms with Crippen molar-refractivity contribution >= 4 is 29.0 Å². The monoisotopic (exact) mass is 648 g/mol. The molecular formula is C36H36N6O6. The Kier molecular flexibility index (Phi) is 9.51. The third-order valence-corrected chi connectivity index (χ3v) is 8.24. The van der Waals surface area contributed by atoms with Crippen LogP contribution >= 0.6 is 0 Å². The van der Waals surface area contributed by atoms with Gasteiger partial charge in [-0.25, -0.2) is 9.78 Å². The lowest BCUT2D eigenvalue weighted by Crippen LogP contribution is -2.49. The normalized spacial score (nSPS) is 12.9. The molecule has 2 amide bonds. The summed E-state index contributed by atoms with van der Waals surface area (Å²) in [6.07, 6.45) is -0.360. The Morgan fingerprint density at radius 1 is 0.812 bits per heavy atom. The minimum Gasteiger partial charge on any atom is -0.493 e. The van der Waals surface area contributed by atoms with Crippen LogP contribution < -0.4 is 25.2 Å². The molecule has 12 nitrogen and oxygen atoms in total. The SMILES string of the molecule is COc1ccc(CNC(=O)c2ccc(-n3c(=O)ccc4c(C)nc(N5CCN(C(=O)OCc6ccccc6)CC5)nc43)cc2)cc1OC. The zero-order valence-corrected chi connectivity index (χ0v) is 27.0. The number of anilines is 1. The van der Waals surface area contributed by atoms with Gasteiger partial charge in [-0.1, -0.05) is 36.4 Å². The largest absolute Gasteiger partial charge is 0.493 e. The van der Waals surface area contributed by atoms with Crippen molar-refractivity contribution in [3.63, 3.8) is 0 Å². The summed E-state index contributed by atoms with van der Waals surface area (Å²) in [5, 5.41) is 3.65. The molecule has 1 N–H and O–H groups in total. The van der Waals surface area contributed by atoms with Gasteiger partial charge < -0.3 is 29.3 Å². The number of pyridine rings is 1. The molecule has 246 valence electrons. The number of fused-ring (bicyclic) bond motifs is 1. The van der Waals surface area contributed by atoms with E-state index in [-0.39, 0.29) is 24.2 Å². The highest BCUT2D eigenvalue weighted by Gasteiger charge is 2.25. The van der Waals surface area contributed by atoms with E-state index in [0.29, 0.717) is 67.1 Å². The second-order valence-corrected chi connectivity index (χ2v) is 11.3. The van der Waals surface area contributed by atoms with Crippen LogP contribution in [0.3, 0.4) is 0 Å². The molecule has 48 heavy (non-hydrogen) atoms. The number of hydrogen-bond acceptors (Lipinski definition) is 9. The summed E-state index contributed by atoms with van der Waals surface area (Å²) >= 11 is 0. The first-order valence-corrected chi connectivity index (χ1v) is 15.5. The molecule has 1 aliphatic heterocycles. The lowest BCUT2D eigenvalue weighted by atomic mass is 10.1. The number of hydrogen-bond donors (Lipinski definition) is 1. The predicted octanol–water partition coefficient (Wildman–Crippen LogP) is 4.50. The topological polar surface area (TPSA) is 128 Å². The van der Waals surface area contributed by atoms with Gasteiger partial charge in [0.05, 0.1) is 25.6 Å². The summed E-state index contributed by atoms with van der Waals surface area (Å²) < 4.78 is 17.7. The highest BCUT2D eigenvalue weighted by molar-refractivity contribution is 5.94. The number of piperazine rings is 1. The van der Waals surface area contributed by atoms with E-state index in [0.717, 1.165) is 22.2 Å². The van der Waals surface area contributed by atoms with E-state index in [4.69, 9.17) is 24.2 Å². The van der Waals surface area contributed by atoms with E-state index in [1.54, 1.807) is 55.5 Å². The first-order chi connectivity index (χ1) is 23.3. The van der Waals surface area contributed by atoms with Gasteiger partial charge in [-0.2, -0.15) is 4.98 Å². The molecule has 0 saturated carbocycles. The van der Waals surface area contributed by atoms with Gasteiger partial charge in [0, 0.05) is 49.7 Å². The van der Waals surface area contributed by atoms with Crippen LogP contribution in [0.1, 0.15) is 27.2 Å².